The van der Waals surface area contributed by atoms with Gasteiger partial charge in [0.2, 0.25) is 10.0 Å². The molecule has 1 aromatic rings. The zero-order valence-corrected chi connectivity index (χ0v) is 14.3. The molecule has 21 heavy (non-hydrogen) atoms. The van der Waals surface area contributed by atoms with Crippen molar-refractivity contribution in [3.63, 3.8) is 0 Å². The second-order valence-corrected chi connectivity index (χ2v) is 8.21. The molecule has 1 aliphatic rings. The monoisotopic (exact) mass is 350 g/mol. The van der Waals surface area contributed by atoms with Crippen LogP contribution in [-0.4, -0.2) is 37.6 Å². The number of rotatable bonds is 5. The highest BCUT2D eigenvalue weighted by Crippen LogP contribution is 2.25. The van der Waals surface area contributed by atoms with Crippen LogP contribution in [0.15, 0.2) is 18.2 Å². The van der Waals surface area contributed by atoms with Crippen molar-refractivity contribution in [1.82, 2.24) is 9.62 Å². The van der Waals surface area contributed by atoms with Crippen molar-refractivity contribution >= 4 is 33.2 Å². The van der Waals surface area contributed by atoms with Gasteiger partial charge in [0.25, 0.3) is 0 Å². The fraction of sp³-hybridized carbons (Fsp3) is 0.571. The zero-order chi connectivity index (χ0) is 15.5. The lowest BCUT2D eigenvalue weighted by molar-refractivity contribution is 0.289. The van der Waals surface area contributed by atoms with Gasteiger partial charge in [-0.05, 0) is 31.4 Å². The van der Waals surface area contributed by atoms with Gasteiger partial charge in [-0.2, -0.15) is 0 Å². The van der Waals surface area contributed by atoms with Crippen molar-refractivity contribution in [2.45, 2.75) is 32.4 Å². The summed E-state index contributed by atoms with van der Waals surface area (Å²) in [7, 11) is -3.06. The van der Waals surface area contributed by atoms with Gasteiger partial charge in [0.1, 0.15) is 0 Å². The number of halogens is 2. The van der Waals surface area contributed by atoms with E-state index in [0.717, 1.165) is 18.4 Å². The number of nitrogens with one attached hydrogen (secondary N) is 1. The van der Waals surface area contributed by atoms with Crippen LogP contribution in [0, 0.1) is 0 Å². The van der Waals surface area contributed by atoms with Crippen molar-refractivity contribution in [3.05, 3.63) is 33.8 Å². The van der Waals surface area contributed by atoms with Gasteiger partial charge in [-0.1, -0.05) is 35.3 Å². The van der Waals surface area contributed by atoms with E-state index in [4.69, 9.17) is 23.2 Å². The maximum absolute atomic E-state index is 11.8. The van der Waals surface area contributed by atoms with Gasteiger partial charge in [-0.15, -0.1) is 0 Å². The average molecular weight is 351 g/mol. The van der Waals surface area contributed by atoms with E-state index in [-0.39, 0.29) is 5.75 Å². The molecule has 0 atom stereocenters. The van der Waals surface area contributed by atoms with Crippen LogP contribution in [-0.2, 0) is 16.6 Å². The molecule has 1 saturated heterocycles. The van der Waals surface area contributed by atoms with E-state index in [1.54, 1.807) is 17.3 Å². The first-order chi connectivity index (χ1) is 9.94. The molecule has 0 bridgehead atoms. The Morgan fingerprint density at radius 3 is 2.57 bits per heavy atom. The number of hydrogen-bond acceptors (Lipinski definition) is 3. The molecule has 1 aromatic carbocycles. The van der Waals surface area contributed by atoms with Crippen molar-refractivity contribution in [3.8, 4) is 0 Å². The topological polar surface area (TPSA) is 49.4 Å². The number of benzene rings is 1. The van der Waals surface area contributed by atoms with E-state index in [1.165, 1.54) is 0 Å². The second-order valence-electron chi connectivity index (χ2n) is 5.17. The SMILES string of the molecule is CCS(=O)(=O)N1CCC(NCc2cccc(Cl)c2Cl)CC1. The van der Waals surface area contributed by atoms with E-state index < -0.39 is 10.0 Å². The predicted molar refractivity (Wildman–Crippen MR) is 87.4 cm³/mol. The molecule has 1 heterocycles. The molecule has 1 N–H and O–H groups in total. The lowest BCUT2D eigenvalue weighted by Gasteiger charge is -2.31. The standard InChI is InChI=1S/C14H20Cl2N2O2S/c1-2-21(19,20)18-8-6-12(7-9-18)17-10-11-4-3-5-13(15)14(11)16/h3-5,12,17H,2,6-10H2,1H3. The van der Waals surface area contributed by atoms with Crippen molar-refractivity contribution < 1.29 is 8.42 Å². The Kier molecular flexibility index (Phi) is 5.91. The molecule has 0 unspecified atom stereocenters. The third kappa shape index (κ3) is 4.33. The molecule has 0 aliphatic carbocycles. The Bertz CT molecular complexity index is 585. The van der Waals surface area contributed by atoms with Gasteiger partial charge in [0.15, 0.2) is 0 Å². The highest BCUT2D eigenvalue weighted by Gasteiger charge is 2.26. The zero-order valence-electron chi connectivity index (χ0n) is 12.0. The maximum atomic E-state index is 11.8. The van der Waals surface area contributed by atoms with E-state index >= 15 is 0 Å². The van der Waals surface area contributed by atoms with Gasteiger partial charge >= 0.3 is 0 Å². The summed E-state index contributed by atoms with van der Waals surface area (Å²) in [5, 5.41) is 4.57. The molecular formula is C14H20Cl2N2O2S. The Morgan fingerprint density at radius 2 is 1.95 bits per heavy atom. The Hall–Kier alpha value is -0.330. The molecule has 0 spiro atoms. The first-order valence-electron chi connectivity index (χ1n) is 7.08. The van der Waals surface area contributed by atoms with Crippen molar-refractivity contribution in [2.24, 2.45) is 0 Å². The number of sulfonamides is 1. The lowest BCUT2D eigenvalue weighted by atomic mass is 10.1. The van der Waals surface area contributed by atoms with E-state index in [1.807, 2.05) is 12.1 Å². The molecular weight excluding hydrogens is 331 g/mol. The largest absolute Gasteiger partial charge is 0.310 e. The van der Waals surface area contributed by atoms with E-state index in [2.05, 4.69) is 5.32 Å². The van der Waals surface area contributed by atoms with Crippen molar-refractivity contribution in [1.29, 1.82) is 0 Å². The summed E-state index contributed by atoms with van der Waals surface area (Å²) in [6, 6.07) is 5.89. The van der Waals surface area contributed by atoms with Crippen LogP contribution in [0.5, 0.6) is 0 Å². The van der Waals surface area contributed by atoms with Gasteiger partial charge in [-0.25, -0.2) is 12.7 Å². The molecule has 118 valence electrons. The molecule has 2 rings (SSSR count). The molecule has 0 aromatic heterocycles. The van der Waals surface area contributed by atoms with Crippen molar-refractivity contribution in [2.75, 3.05) is 18.8 Å². The fourth-order valence-corrected chi connectivity index (χ4v) is 3.98. The van der Waals surface area contributed by atoms with Gasteiger partial charge in [-0.3, -0.25) is 0 Å². The van der Waals surface area contributed by atoms with Crippen LogP contribution in [0.1, 0.15) is 25.3 Å². The molecule has 1 fully saturated rings. The third-order valence-electron chi connectivity index (χ3n) is 3.82. The number of hydrogen-bond donors (Lipinski definition) is 1. The predicted octanol–water partition coefficient (Wildman–Crippen LogP) is 2.90. The van der Waals surface area contributed by atoms with Gasteiger partial charge < -0.3 is 5.32 Å². The smallest absolute Gasteiger partial charge is 0.213 e. The highest BCUT2D eigenvalue weighted by molar-refractivity contribution is 7.89. The summed E-state index contributed by atoms with van der Waals surface area (Å²) >= 11 is 12.1. The summed E-state index contributed by atoms with van der Waals surface area (Å²) < 4.78 is 25.2. The molecule has 7 heteroatoms. The summed E-state index contributed by atoms with van der Waals surface area (Å²) in [6.45, 7) is 3.49. The summed E-state index contributed by atoms with van der Waals surface area (Å²) in [5.74, 6) is 0.170. The van der Waals surface area contributed by atoms with Crippen LogP contribution in [0.3, 0.4) is 0 Å². The number of piperidine rings is 1. The quantitative estimate of drug-likeness (QED) is 0.888. The average Bonchev–Trinajstić information content (AvgIpc) is 2.49. The summed E-state index contributed by atoms with van der Waals surface area (Å²) in [4.78, 5) is 0. The van der Waals surface area contributed by atoms with Crippen LogP contribution < -0.4 is 5.32 Å². The molecule has 0 amide bonds. The lowest BCUT2D eigenvalue weighted by Crippen LogP contribution is -2.45. The van der Waals surface area contributed by atoms with Crippen LogP contribution >= 0.6 is 23.2 Å². The normalized spacial score (nSPS) is 18.0. The Morgan fingerprint density at radius 1 is 1.29 bits per heavy atom. The minimum Gasteiger partial charge on any atom is -0.310 e. The van der Waals surface area contributed by atoms with Crippen LogP contribution in [0.4, 0.5) is 0 Å². The molecule has 1 aliphatic heterocycles. The molecule has 4 nitrogen and oxygen atoms in total. The fourth-order valence-electron chi connectivity index (χ4n) is 2.46. The highest BCUT2D eigenvalue weighted by atomic mass is 35.5. The van der Waals surface area contributed by atoms with Gasteiger partial charge in [0, 0.05) is 25.7 Å². The maximum Gasteiger partial charge on any atom is 0.213 e. The second kappa shape index (κ2) is 7.29. The Balaban J connectivity index is 1.86. The van der Waals surface area contributed by atoms with Crippen LogP contribution in [0.2, 0.25) is 10.0 Å². The molecule has 0 saturated carbocycles. The summed E-state index contributed by atoms with van der Waals surface area (Å²) in [6.07, 6.45) is 1.63. The van der Waals surface area contributed by atoms with Gasteiger partial charge in [0.05, 0.1) is 15.8 Å². The van der Waals surface area contributed by atoms with E-state index in [9.17, 15) is 8.42 Å². The minimum atomic E-state index is -3.06. The molecule has 0 radical (unpaired) electrons. The van der Waals surface area contributed by atoms with E-state index in [0.29, 0.717) is 35.7 Å². The first-order valence-corrected chi connectivity index (χ1v) is 9.44. The first kappa shape index (κ1) is 17.0. The number of nitrogens with zero attached hydrogens (tertiary/aromatic N) is 1. The summed E-state index contributed by atoms with van der Waals surface area (Å²) in [5.41, 5.74) is 0.966. The third-order valence-corrected chi connectivity index (χ3v) is 6.56. The van der Waals surface area contributed by atoms with Crippen LogP contribution in [0.25, 0.3) is 0 Å². The minimum absolute atomic E-state index is 0.170. The Labute approximate surface area is 136 Å².